The maximum Gasteiger partial charge on any atom is 0.294 e. The predicted octanol–water partition coefficient (Wildman–Crippen LogP) is 2.36. The molecule has 1 saturated heterocycles. The summed E-state index contributed by atoms with van der Waals surface area (Å²) in [6, 6.07) is 10.3. The molecule has 0 unspecified atom stereocenters. The topological polar surface area (TPSA) is 91.3 Å². The fourth-order valence-corrected chi connectivity index (χ4v) is 2.39. The second-order valence-electron chi connectivity index (χ2n) is 5.16. The van der Waals surface area contributed by atoms with Gasteiger partial charge in [0.05, 0.1) is 22.8 Å². The summed E-state index contributed by atoms with van der Waals surface area (Å²) >= 11 is 5.64. The molecule has 1 aromatic heterocycles. The predicted molar refractivity (Wildman–Crippen MR) is 90.5 cm³/mol. The van der Waals surface area contributed by atoms with Gasteiger partial charge in [0, 0.05) is 13.1 Å². The standard InChI is InChI=1S/C8H10ClN3.C7H8O3S/c9-8-2-1-6(5-11-8)12-7-3-10-4-7;1-6-2-4-7(5-3-6)11(8,9)10/h1-2,5,7,10,12H,3-4H2;2-5H,1H3,(H,8,9,10). The van der Waals surface area contributed by atoms with Crippen LogP contribution in [0.3, 0.4) is 0 Å². The number of hydrogen-bond acceptors (Lipinski definition) is 5. The van der Waals surface area contributed by atoms with E-state index >= 15 is 0 Å². The van der Waals surface area contributed by atoms with Crippen molar-refractivity contribution in [1.82, 2.24) is 10.3 Å². The molecule has 2 heterocycles. The average Bonchev–Trinajstić information content (AvgIpc) is 2.45. The first kappa shape index (κ1) is 17.7. The minimum absolute atomic E-state index is 0.0666. The SMILES string of the molecule is Cc1ccc(S(=O)(=O)O)cc1.Clc1ccc(NC2CNC2)cn1. The Kier molecular flexibility index (Phi) is 5.95. The smallest absolute Gasteiger partial charge is 0.294 e. The van der Waals surface area contributed by atoms with E-state index in [0.717, 1.165) is 24.3 Å². The van der Waals surface area contributed by atoms with Crippen molar-refractivity contribution in [2.75, 3.05) is 18.4 Å². The summed E-state index contributed by atoms with van der Waals surface area (Å²) < 4.78 is 29.6. The Labute approximate surface area is 140 Å². The lowest BCUT2D eigenvalue weighted by Crippen LogP contribution is -2.51. The van der Waals surface area contributed by atoms with Crippen molar-refractivity contribution in [3.8, 4) is 0 Å². The van der Waals surface area contributed by atoms with Crippen LogP contribution in [0.5, 0.6) is 0 Å². The van der Waals surface area contributed by atoms with Crippen LogP contribution in [-0.4, -0.2) is 37.1 Å². The molecule has 1 fully saturated rings. The molecule has 124 valence electrons. The van der Waals surface area contributed by atoms with Crippen LogP contribution in [0.1, 0.15) is 5.56 Å². The Morgan fingerprint density at radius 2 is 1.87 bits per heavy atom. The van der Waals surface area contributed by atoms with Crippen LogP contribution < -0.4 is 10.6 Å². The quantitative estimate of drug-likeness (QED) is 0.578. The molecule has 0 amide bonds. The molecule has 1 aliphatic heterocycles. The van der Waals surface area contributed by atoms with Gasteiger partial charge in [-0.25, -0.2) is 4.98 Å². The minimum atomic E-state index is -4.02. The molecule has 1 aliphatic rings. The second kappa shape index (κ2) is 7.74. The average molecular weight is 356 g/mol. The summed E-state index contributed by atoms with van der Waals surface area (Å²) in [5, 5.41) is 7.04. The van der Waals surface area contributed by atoms with Crippen LogP contribution in [0.25, 0.3) is 0 Å². The van der Waals surface area contributed by atoms with Crippen molar-refractivity contribution in [2.45, 2.75) is 17.9 Å². The van der Waals surface area contributed by atoms with Gasteiger partial charge < -0.3 is 10.6 Å². The number of nitrogens with one attached hydrogen (secondary N) is 2. The summed E-state index contributed by atoms with van der Waals surface area (Å²) in [6.45, 7) is 3.90. The fraction of sp³-hybridized carbons (Fsp3) is 0.267. The van der Waals surface area contributed by atoms with Crippen LogP contribution in [0.15, 0.2) is 47.5 Å². The minimum Gasteiger partial charge on any atom is -0.379 e. The third-order valence-corrected chi connectivity index (χ3v) is 4.29. The Bertz CT molecular complexity index is 730. The van der Waals surface area contributed by atoms with Gasteiger partial charge in [-0.3, -0.25) is 4.55 Å². The molecule has 2 aromatic rings. The molecule has 0 spiro atoms. The highest BCUT2D eigenvalue weighted by Crippen LogP contribution is 2.11. The molecule has 0 atom stereocenters. The molecule has 23 heavy (non-hydrogen) atoms. The van der Waals surface area contributed by atoms with E-state index in [1.807, 2.05) is 13.0 Å². The Balaban J connectivity index is 0.000000168. The van der Waals surface area contributed by atoms with E-state index in [4.69, 9.17) is 16.2 Å². The van der Waals surface area contributed by atoms with Crippen molar-refractivity contribution in [1.29, 1.82) is 0 Å². The second-order valence-corrected chi connectivity index (χ2v) is 6.97. The fourth-order valence-electron chi connectivity index (χ4n) is 1.80. The van der Waals surface area contributed by atoms with Gasteiger partial charge in [-0.15, -0.1) is 0 Å². The van der Waals surface area contributed by atoms with Crippen molar-refractivity contribution >= 4 is 27.4 Å². The van der Waals surface area contributed by atoms with E-state index in [9.17, 15) is 8.42 Å². The molecule has 0 radical (unpaired) electrons. The number of benzene rings is 1. The molecule has 8 heteroatoms. The molecule has 0 bridgehead atoms. The largest absolute Gasteiger partial charge is 0.379 e. The van der Waals surface area contributed by atoms with Gasteiger partial charge in [0.2, 0.25) is 0 Å². The highest BCUT2D eigenvalue weighted by atomic mass is 35.5. The number of nitrogens with zero attached hydrogens (tertiary/aromatic N) is 1. The molecule has 3 N–H and O–H groups in total. The van der Waals surface area contributed by atoms with E-state index in [2.05, 4.69) is 15.6 Å². The number of rotatable bonds is 3. The molecule has 3 rings (SSSR count). The first-order valence-corrected chi connectivity index (χ1v) is 8.79. The third-order valence-electron chi connectivity index (χ3n) is 3.20. The highest BCUT2D eigenvalue weighted by Gasteiger charge is 2.15. The van der Waals surface area contributed by atoms with Crippen LogP contribution in [0, 0.1) is 6.92 Å². The van der Waals surface area contributed by atoms with Gasteiger partial charge in [0.25, 0.3) is 10.1 Å². The van der Waals surface area contributed by atoms with Gasteiger partial charge in [0.1, 0.15) is 5.15 Å². The maximum atomic E-state index is 10.5. The zero-order valence-corrected chi connectivity index (χ0v) is 14.1. The molecule has 6 nitrogen and oxygen atoms in total. The lowest BCUT2D eigenvalue weighted by atomic mass is 10.2. The summed E-state index contributed by atoms with van der Waals surface area (Å²) in [7, 11) is -4.02. The van der Waals surface area contributed by atoms with Crippen LogP contribution in [0.2, 0.25) is 5.15 Å². The van der Waals surface area contributed by atoms with E-state index in [1.165, 1.54) is 12.1 Å². The van der Waals surface area contributed by atoms with Gasteiger partial charge in [0.15, 0.2) is 0 Å². The van der Waals surface area contributed by atoms with E-state index in [0.29, 0.717) is 11.2 Å². The first-order chi connectivity index (χ1) is 10.8. The number of pyridine rings is 1. The summed E-state index contributed by atoms with van der Waals surface area (Å²) in [5.41, 5.74) is 1.99. The number of aryl methyl sites for hydroxylation is 1. The van der Waals surface area contributed by atoms with Crippen molar-refractivity contribution in [3.63, 3.8) is 0 Å². The van der Waals surface area contributed by atoms with Gasteiger partial charge in [-0.2, -0.15) is 8.42 Å². The van der Waals surface area contributed by atoms with E-state index in [-0.39, 0.29) is 4.90 Å². The Morgan fingerprint density at radius 3 is 2.30 bits per heavy atom. The monoisotopic (exact) mass is 355 g/mol. The highest BCUT2D eigenvalue weighted by molar-refractivity contribution is 7.85. The summed E-state index contributed by atoms with van der Waals surface area (Å²) in [6.07, 6.45) is 1.75. The molecule has 0 aliphatic carbocycles. The van der Waals surface area contributed by atoms with Gasteiger partial charge >= 0.3 is 0 Å². The normalized spacial score (nSPS) is 14.4. The lowest BCUT2D eigenvalue weighted by molar-refractivity contribution is 0.472. The van der Waals surface area contributed by atoms with Crippen molar-refractivity contribution in [2.24, 2.45) is 0 Å². The first-order valence-electron chi connectivity index (χ1n) is 6.97. The lowest BCUT2D eigenvalue weighted by Gasteiger charge is -2.28. The summed E-state index contributed by atoms with van der Waals surface area (Å²) in [5.74, 6) is 0. The zero-order valence-electron chi connectivity index (χ0n) is 12.5. The number of aromatic nitrogens is 1. The zero-order chi connectivity index (χ0) is 16.9. The molecule has 1 aromatic carbocycles. The van der Waals surface area contributed by atoms with Gasteiger partial charge in [-0.1, -0.05) is 29.3 Å². The van der Waals surface area contributed by atoms with Crippen LogP contribution in [0.4, 0.5) is 5.69 Å². The number of hydrogen-bond donors (Lipinski definition) is 3. The van der Waals surface area contributed by atoms with Crippen molar-refractivity contribution in [3.05, 3.63) is 53.3 Å². The number of anilines is 1. The Morgan fingerprint density at radius 1 is 1.22 bits per heavy atom. The number of halogens is 1. The van der Waals surface area contributed by atoms with Crippen LogP contribution >= 0.6 is 11.6 Å². The molecule has 0 saturated carbocycles. The molecular weight excluding hydrogens is 338 g/mol. The molecular formula is C15H18ClN3O3S. The Hall–Kier alpha value is -1.67. The van der Waals surface area contributed by atoms with E-state index in [1.54, 1.807) is 24.4 Å². The summed E-state index contributed by atoms with van der Waals surface area (Å²) in [4.78, 5) is 3.91. The maximum absolute atomic E-state index is 10.5. The van der Waals surface area contributed by atoms with Crippen molar-refractivity contribution < 1.29 is 13.0 Å². The van der Waals surface area contributed by atoms with Gasteiger partial charge in [-0.05, 0) is 31.2 Å². The third kappa shape index (κ3) is 5.80. The van der Waals surface area contributed by atoms with Crippen LogP contribution in [-0.2, 0) is 10.1 Å². The van der Waals surface area contributed by atoms with E-state index < -0.39 is 10.1 Å².